The first-order valence-electron chi connectivity index (χ1n) is 2.74. The monoisotopic (exact) mass is 117 g/mol. The quantitative estimate of drug-likeness (QED) is 0.505. The first-order chi connectivity index (χ1) is 4.47. The van der Waals surface area contributed by atoms with E-state index in [0.717, 1.165) is 5.52 Å². The molecule has 43 valence electrons. The molecule has 2 heterocycles. The molecule has 0 saturated carbocycles. The summed E-state index contributed by atoms with van der Waals surface area (Å²) in [6.45, 7) is 0. The van der Waals surface area contributed by atoms with Crippen LogP contribution in [0.2, 0.25) is 0 Å². The normalized spacial score (nSPS) is 10.2. The predicted octanol–water partition coefficient (Wildman–Crippen LogP) is 1.13. The van der Waals surface area contributed by atoms with Crippen LogP contribution in [-0.4, -0.2) is 9.38 Å². The van der Waals surface area contributed by atoms with E-state index in [-0.39, 0.29) is 0 Å². The van der Waals surface area contributed by atoms with E-state index < -0.39 is 0 Å². The van der Waals surface area contributed by atoms with Crippen LogP contribution in [0.5, 0.6) is 0 Å². The Labute approximate surface area is 52.8 Å². The molecule has 0 aliphatic rings. The zero-order chi connectivity index (χ0) is 6.10. The molecule has 1 radical (unpaired) electrons. The molecule has 0 aliphatic heterocycles. The molecule has 0 aliphatic carbocycles. The van der Waals surface area contributed by atoms with Crippen LogP contribution in [0, 0.1) is 6.07 Å². The lowest BCUT2D eigenvalue weighted by Gasteiger charge is -1.87. The summed E-state index contributed by atoms with van der Waals surface area (Å²) >= 11 is 0. The molecule has 2 heteroatoms. The van der Waals surface area contributed by atoms with E-state index in [1.54, 1.807) is 12.5 Å². The maximum absolute atomic E-state index is 3.93. The van der Waals surface area contributed by atoms with E-state index in [9.17, 15) is 0 Å². The molecule has 0 atom stereocenters. The minimum atomic E-state index is 1.13. The second-order valence-electron chi connectivity index (χ2n) is 1.85. The van der Waals surface area contributed by atoms with Crippen molar-refractivity contribution in [3.8, 4) is 0 Å². The molecule has 9 heavy (non-hydrogen) atoms. The van der Waals surface area contributed by atoms with Gasteiger partial charge in [0.2, 0.25) is 0 Å². The summed E-state index contributed by atoms with van der Waals surface area (Å²) in [7, 11) is 0. The van der Waals surface area contributed by atoms with Crippen LogP contribution in [0.4, 0.5) is 0 Å². The zero-order valence-electron chi connectivity index (χ0n) is 4.78. The van der Waals surface area contributed by atoms with Gasteiger partial charge >= 0.3 is 0 Å². The van der Waals surface area contributed by atoms with E-state index in [0.29, 0.717) is 0 Å². The minimum absolute atomic E-state index is 1.13. The molecule has 2 nitrogen and oxygen atoms in total. The molecule has 0 saturated heterocycles. The first-order valence-corrected chi connectivity index (χ1v) is 2.74. The molecule has 0 amide bonds. The highest BCUT2D eigenvalue weighted by Gasteiger charge is 1.85. The van der Waals surface area contributed by atoms with Crippen molar-refractivity contribution in [2.45, 2.75) is 0 Å². The highest BCUT2D eigenvalue weighted by atomic mass is 14.9. The van der Waals surface area contributed by atoms with Crippen LogP contribution >= 0.6 is 0 Å². The van der Waals surface area contributed by atoms with Crippen molar-refractivity contribution in [1.29, 1.82) is 0 Å². The summed E-state index contributed by atoms with van der Waals surface area (Å²) in [5.74, 6) is 0. The molecule has 0 fully saturated rings. The van der Waals surface area contributed by atoms with E-state index in [4.69, 9.17) is 0 Å². The van der Waals surface area contributed by atoms with Crippen molar-refractivity contribution >= 4 is 5.52 Å². The van der Waals surface area contributed by atoms with Gasteiger partial charge in [-0.25, -0.2) is 4.98 Å². The van der Waals surface area contributed by atoms with Crippen LogP contribution in [0.25, 0.3) is 5.52 Å². The van der Waals surface area contributed by atoms with Gasteiger partial charge in [-0.3, -0.25) is 0 Å². The first kappa shape index (κ1) is 4.56. The van der Waals surface area contributed by atoms with Crippen molar-refractivity contribution in [3.63, 3.8) is 0 Å². The Kier molecular flexibility index (Phi) is 0.803. The highest BCUT2D eigenvalue weighted by molar-refractivity contribution is 5.44. The van der Waals surface area contributed by atoms with E-state index in [1.807, 2.05) is 22.7 Å². The summed E-state index contributed by atoms with van der Waals surface area (Å²) < 4.78 is 1.92. The van der Waals surface area contributed by atoms with Crippen LogP contribution in [0.3, 0.4) is 0 Å². The third-order valence-electron chi connectivity index (χ3n) is 1.27. The van der Waals surface area contributed by atoms with Gasteiger partial charge in [-0.05, 0) is 12.1 Å². The fourth-order valence-corrected chi connectivity index (χ4v) is 0.816. The van der Waals surface area contributed by atoms with Gasteiger partial charge in [0.05, 0.1) is 6.33 Å². The smallest absolute Gasteiger partial charge is 0.0990 e. The third kappa shape index (κ3) is 0.598. The Morgan fingerprint density at radius 2 is 2.56 bits per heavy atom. The van der Waals surface area contributed by atoms with Gasteiger partial charge < -0.3 is 4.40 Å². The summed E-state index contributed by atoms with van der Waals surface area (Å²) in [6, 6.07) is 6.82. The second-order valence-corrected chi connectivity index (χ2v) is 1.85. The maximum atomic E-state index is 3.93. The van der Waals surface area contributed by atoms with Gasteiger partial charge in [0, 0.05) is 24.0 Å². The van der Waals surface area contributed by atoms with Crippen LogP contribution < -0.4 is 0 Å². The molecule has 0 bridgehead atoms. The number of nitrogens with zero attached hydrogens (tertiary/aromatic N) is 2. The number of hydrogen-bond acceptors (Lipinski definition) is 1. The zero-order valence-corrected chi connectivity index (χ0v) is 4.78. The Hall–Kier alpha value is -1.31. The molecule has 2 rings (SSSR count). The van der Waals surface area contributed by atoms with Gasteiger partial charge in [0.15, 0.2) is 0 Å². The highest BCUT2D eigenvalue weighted by Crippen LogP contribution is 1.98. The third-order valence-corrected chi connectivity index (χ3v) is 1.27. The van der Waals surface area contributed by atoms with Crippen molar-refractivity contribution in [2.24, 2.45) is 0 Å². The Balaban J connectivity index is 2.95. The average molecular weight is 117 g/mol. The molecular weight excluding hydrogens is 112 g/mol. The van der Waals surface area contributed by atoms with Crippen LogP contribution in [-0.2, 0) is 0 Å². The van der Waals surface area contributed by atoms with E-state index in [2.05, 4.69) is 11.1 Å². The fourth-order valence-electron chi connectivity index (χ4n) is 0.816. The predicted molar refractivity (Wildman–Crippen MR) is 34.0 cm³/mol. The molecule has 2 aromatic heterocycles. The molecule has 0 aromatic carbocycles. The number of aromatic nitrogens is 2. The Morgan fingerprint density at radius 3 is 3.44 bits per heavy atom. The van der Waals surface area contributed by atoms with Crippen LogP contribution in [0.1, 0.15) is 0 Å². The van der Waals surface area contributed by atoms with Crippen LogP contribution in [0.15, 0.2) is 30.9 Å². The molecule has 0 unspecified atom stereocenters. The standard InChI is InChI=1S/C7H5N2/c1-2-7-3-4-8-6-9(7)5-1/h2-6H. The second kappa shape index (κ2) is 1.58. The summed E-state index contributed by atoms with van der Waals surface area (Å²) in [6.07, 6.45) is 5.37. The topological polar surface area (TPSA) is 17.3 Å². The van der Waals surface area contributed by atoms with Gasteiger partial charge in [-0.15, -0.1) is 0 Å². The van der Waals surface area contributed by atoms with Gasteiger partial charge in [-0.2, -0.15) is 0 Å². The number of rotatable bonds is 0. The number of hydrogen-bond donors (Lipinski definition) is 0. The van der Waals surface area contributed by atoms with Crippen molar-refractivity contribution in [1.82, 2.24) is 9.38 Å². The Bertz CT molecular complexity index is 281. The van der Waals surface area contributed by atoms with Gasteiger partial charge in [0.25, 0.3) is 0 Å². The molecule has 2 aromatic rings. The van der Waals surface area contributed by atoms with E-state index in [1.165, 1.54) is 0 Å². The molecule has 0 N–H and O–H groups in total. The summed E-state index contributed by atoms with van der Waals surface area (Å²) in [5.41, 5.74) is 1.13. The SMILES string of the molecule is [c]1cc2ccncn2c1. The van der Waals surface area contributed by atoms with Crippen molar-refractivity contribution in [2.75, 3.05) is 0 Å². The average Bonchev–Trinajstić information content (AvgIpc) is 2.33. The fraction of sp³-hybridized carbons (Fsp3) is 0. The van der Waals surface area contributed by atoms with Gasteiger partial charge in [-0.1, -0.05) is 0 Å². The lowest BCUT2D eigenvalue weighted by molar-refractivity contribution is 1.09. The Morgan fingerprint density at radius 1 is 1.56 bits per heavy atom. The summed E-state index contributed by atoms with van der Waals surface area (Å²) in [4.78, 5) is 3.93. The van der Waals surface area contributed by atoms with Crippen molar-refractivity contribution < 1.29 is 0 Å². The molecule has 0 spiro atoms. The molecular formula is C7H5N2. The maximum Gasteiger partial charge on any atom is 0.0990 e. The lowest BCUT2D eigenvalue weighted by Crippen LogP contribution is -1.80. The number of fused-ring (bicyclic) bond motifs is 1. The largest absolute Gasteiger partial charge is 0.307 e. The van der Waals surface area contributed by atoms with Crippen molar-refractivity contribution in [3.05, 3.63) is 36.9 Å². The van der Waals surface area contributed by atoms with E-state index >= 15 is 0 Å². The summed E-state index contributed by atoms with van der Waals surface area (Å²) in [5, 5.41) is 0. The minimum Gasteiger partial charge on any atom is -0.307 e. The van der Waals surface area contributed by atoms with Gasteiger partial charge in [0.1, 0.15) is 0 Å². The lowest BCUT2D eigenvalue weighted by atomic mass is 10.5.